The zero-order chi connectivity index (χ0) is 23.2. The number of anilines is 2. The van der Waals surface area contributed by atoms with Crippen molar-refractivity contribution in [2.45, 2.75) is 33.2 Å². The van der Waals surface area contributed by atoms with Gasteiger partial charge in [0.25, 0.3) is 5.91 Å². The van der Waals surface area contributed by atoms with Crippen molar-refractivity contribution in [2.75, 3.05) is 22.4 Å². The summed E-state index contributed by atoms with van der Waals surface area (Å²) in [7, 11) is -3.81. The maximum absolute atomic E-state index is 12.7. The third-order valence-electron chi connectivity index (χ3n) is 4.66. The second-order valence-corrected chi connectivity index (χ2v) is 9.16. The lowest BCUT2D eigenvalue weighted by Gasteiger charge is -2.22. The minimum Gasteiger partial charge on any atom is -0.350 e. The van der Waals surface area contributed by atoms with Crippen molar-refractivity contribution in [3.63, 3.8) is 0 Å². The van der Waals surface area contributed by atoms with E-state index in [1.807, 2.05) is 13.8 Å². The van der Waals surface area contributed by atoms with E-state index in [0.29, 0.717) is 5.56 Å². The van der Waals surface area contributed by atoms with E-state index in [-0.39, 0.29) is 34.7 Å². The van der Waals surface area contributed by atoms with Gasteiger partial charge >= 0.3 is 0 Å². The molecule has 0 saturated heterocycles. The number of para-hydroxylation sites is 1. The number of amides is 2. The SMILES string of the molecule is CCC(C)NC(=O)c1ccccc1NC(=O)CN(c1cccc(C(C)=O)c1)S(C)(=O)=O. The molecule has 0 heterocycles. The number of hydrogen-bond donors (Lipinski definition) is 2. The van der Waals surface area contributed by atoms with E-state index >= 15 is 0 Å². The first-order valence-electron chi connectivity index (χ1n) is 9.81. The summed E-state index contributed by atoms with van der Waals surface area (Å²) >= 11 is 0. The lowest BCUT2D eigenvalue weighted by molar-refractivity contribution is -0.114. The van der Waals surface area contributed by atoms with Crippen LogP contribution in [0.1, 0.15) is 47.9 Å². The highest BCUT2D eigenvalue weighted by atomic mass is 32.2. The van der Waals surface area contributed by atoms with Crippen molar-refractivity contribution in [3.05, 3.63) is 59.7 Å². The average Bonchev–Trinajstić information content (AvgIpc) is 2.71. The summed E-state index contributed by atoms with van der Waals surface area (Å²) < 4.78 is 25.6. The van der Waals surface area contributed by atoms with Gasteiger partial charge in [-0.2, -0.15) is 0 Å². The Kier molecular flexibility index (Phi) is 7.93. The van der Waals surface area contributed by atoms with Gasteiger partial charge in [-0.15, -0.1) is 0 Å². The second-order valence-electron chi connectivity index (χ2n) is 7.25. The number of carbonyl (C=O) groups is 3. The van der Waals surface area contributed by atoms with E-state index in [9.17, 15) is 22.8 Å². The number of rotatable bonds is 9. The van der Waals surface area contributed by atoms with Crippen molar-refractivity contribution in [1.29, 1.82) is 0 Å². The number of sulfonamides is 1. The highest BCUT2D eigenvalue weighted by Crippen LogP contribution is 2.21. The molecule has 0 spiro atoms. The highest BCUT2D eigenvalue weighted by Gasteiger charge is 2.23. The minimum absolute atomic E-state index is 0.0365. The Balaban J connectivity index is 2.26. The Bertz CT molecular complexity index is 1080. The zero-order valence-electron chi connectivity index (χ0n) is 18.0. The van der Waals surface area contributed by atoms with Gasteiger partial charge in [-0.05, 0) is 44.5 Å². The number of hydrogen-bond acceptors (Lipinski definition) is 5. The molecule has 1 atom stereocenters. The molecular formula is C22H27N3O5S. The first-order chi connectivity index (χ1) is 14.5. The molecule has 0 aliphatic carbocycles. The van der Waals surface area contributed by atoms with Crippen LogP contribution >= 0.6 is 0 Å². The van der Waals surface area contributed by atoms with E-state index in [1.54, 1.807) is 36.4 Å². The van der Waals surface area contributed by atoms with Crippen LogP contribution in [-0.4, -0.2) is 44.9 Å². The fourth-order valence-corrected chi connectivity index (χ4v) is 3.64. The molecule has 0 aliphatic rings. The number of carbonyl (C=O) groups excluding carboxylic acids is 3. The first-order valence-corrected chi connectivity index (χ1v) is 11.7. The maximum atomic E-state index is 12.7. The zero-order valence-corrected chi connectivity index (χ0v) is 18.8. The fraction of sp³-hybridized carbons (Fsp3) is 0.318. The third-order valence-corrected chi connectivity index (χ3v) is 5.80. The minimum atomic E-state index is -3.81. The van der Waals surface area contributed by atoms with Crippen LogP contribution in [0.25, 0.3) is 0 Å². The predicted octanol–water partition coefficient (Wildman–Crippen LogP) is 2.82. The molecule has 31 heavy (non-hydrogen) atoms. The van der Waals surface area contributed by atoms with Gasteiger partial charge in [-0.1, -0.05) is 31.2 Å². The topological polar surface area (TPSA) is 113 Å². The van der Waals surface area contributed by atoms with Crippen molar-refractivity contribution < 1.29 is 22.8 Å². The van der Waals surface area contributed by atoms with Gasteiger partial charge in [0, 0.05) is 11.6 Å². The Morgan fingerprint density at radius 2 is 1.74 bits per heavy atom. The van der Waals surface area contributed by atoms with Gasteiger partial charge in [0.15, 0.2) is 5.78 Å². The molecule has 0 saturated carbocycles. The summed E-state index contributed by atoms with van der Waals surface area (Å²) in [6.07, 6.45) is 1.73. The number of nitrogens with zero attached hydrogens (tertiary/aromatic N) is 1. The van der Waals surface area contributed by atoms with Crippen molar-refractivity contribution in [3.8, 4) is 0 Å². The molecule has 0 radical (unpaired) electrons. The number of benzene rings is 2. The summed E-state index contributed by atoms with van der Waals surface area (Å²) in [4.78, 5) is 36.9. The fourth-order valence-electron chi connectivity index (χ4n) is 2.79. The first kappa shape index (κ1) is 24.1. The monoisotopic (exact) mass is 445 g/mol. The molecule has 2 amide bonds. The van der Waals surface area contributed by atoms with Crippen molar-refractivity contribution in [2.24, 2.45) is 0 Å². The van der Waals surface area contributed by atoms with Crippen LogP contribution in [0, 0.1) is 0 Å². The van der Waals surface area contributed by atoms with Crippen LogP contribution in [0.4, 0.5) is 11.4 Å². The van der Waals surface area contributed by atoms with Gasteiger partial charge < -0.3 is 10.6 Å². The summed E-state index contributed by atoms with van der Waals surface area (Å²) in [5.41, 5.74) is 1.09. The highest BCUT2D eigenvalue weighted by molar-refractivity contribution is 7.92. The van der Waals surface area contributed by atoms with Gasteiger partial charge in [0.1, 0.15) is 6.54 Å². The van der Waals surface area contributed by atoms with E-state index in [1.165, 1.54) is 19.1 Å². The average molecular weight is 446 g/mol. The van der Waals surface area contributed by atoms with Crippen LogP contribution < -0.4 is 14.9 Å². The molecule has 166 valence electrons. The van der Waals surface area contributed by atoms with E-state index in [4.69, 9.17) is 0 Å². The molecule has 2 N–H and O–H groups in total. The smallest absolute Gasteiger partial charge is 0.253 e. The molecule has 2 rings (SSSR count). The molecular weight excluding hydrogens is 418 g/mol. The summed E-state index contributed by atoms with van der Waals surface area (Å²) in [5.74, 6) is -1.18. The van der Waals surface area contributed by atoms with E-state index in [2.05, 4.69) is 10.6 Å². The summed E-state index contributed by atoms with van der Waals surface area (Å²) in [5, 5.41) is 5.46. The molecule has 0 aliphatic heterocycles. The van der Waals surface area contributed by atoms with Crippen molar-refractivity contribution in [1.82, 2.24) is 5.32 Å². The second kappa shape index (κ2) is 10.2. The van der Waals surface area contributed by atoms with Crippen LogP contribution in [0.5, 0.6) is 0 Å². The molecule has 0 fully saturated rings. The molecule has 9 heteroatoms. The quantitative estimate of drug-likeness (QED) is 0.577. The van der Waals surface area contributed by atoms with Crippen LogP contribution in [0.2, 0.25) is 0 Å². The normalized spacial score (nSPS) is 12.0. The van der Waals surface area contributed by atoms with Gasteiger partial charge in [-0.3, -0.25) is 18.7 Å². The van der Waals surface area contributed by atoms with Gasteiger partial charge in [0.05, 0.1) is 23.2 Å². The van der Waals surface area contributed by atoms with Gasteiger partial charge in [-0.25, -0.2) is 8.42 Å². The third kappa shape index (κ3) is 6.65. The largest absolute Gasteiger partial charge is 0.350 e. The number of ketones is 1. The molecule has 1 unspecified atom stereocenters. The molecule has 2 aromatic carbocycles. The van der Waals surface area contributed by atoms with Gasteiger partial charge in [0.2, 0.25) is 15.9 Å². The standard InChI is InChI=1S/C22H27N3O5S/c1-5-15(2)23-22(28)19-11-6-7-12-20(19)24-21(27)14-25(31(4,29)30)18-10-8-9-17(13-18)16(3)26/h6-13,15H,5,14H2,1-4H3,(H,23,28)(H,24,27). The van der Waals surface area contributed by atoms with Crippen LogP contribution in [-0.2, 0) is 14.8 Å². The molecule has 0 aromatic heterocycles. The van der Waals surface area contributed by atoms with Crippen LogP contribution in [0.3, 0.4) is 0 Å². The Labute approximate surface area is 182 Å². The number of nitrogens with one attached hydrogen (secondary N) is 2. The lowest BCUT2D eigenvalue weighted by atomic mass is 10.1. The molecule has 0 bridgehead atoms. The Morgan fingerprint density at radius 3 is 2.35 bits per heavy atom. The van der Waals surface area contributed by atoms with Crippen molar-refractivity contribution >= 4 is 39.0 Å². The summed E-state index contributed by atoms with van der Waals surface area (Å²) in [6.45, 7) is 4.68. The molecule has 2 aromatic rings. The van der Waals surface area contributed by atoms with E-state index < -0.39 is 22.5 Å². The molecule has 8 nitrogen and oxygen atoms in total. The summed E-state index contributed by atoms with van der Waals surface area (Å²) in [6, 6.07) is 12.5. The van der Waals surface area contributed by atoms with Crippen LogP contribution in [0.15, 0.2) is 48.5 Å². The maximum Gasteiger partial charge on any atom is 0.253 e. The predicted molar refractivity (Wildman–Crippen MR) is 121 cm³/mol. The Morgan fingerprint density at radius 1 is 1.06 bits per heavy atom. The Hall–Kier alpha value is -3.20. The lowest BCUT2D eigenvalue weighted by Crippen LogP contribution is -2.38. The van der Waals surface area contributed by atoms with E-state index in [0.717, 1.165) is 17.0 Å². The number of Topliss-reactive ketones (excluding diaryl/α,β-unsaturated/α-hetero) is 1.